The van der Waals surface area contributed by atoms with Crippen LogP contribution in [0.15, 0.2) is 0 Å². The van der Waals surface area contributed by atoms with Crippen molar-refractivity contribution in [1.29, 1.82) is 0 Å². The first-order chi connectivity index (χ1) is 38.0. The molecule has 5 aliphatic heterocycles. The van der Waals surface area contributed by atoms with Crippen molar-refractivity contribution < 1.29 is 102 Å². The third-order valence-corrected chi connectivity index (χ3v) is 16.1. The standard InChI is InChI=1S/C58H102O21/c1-7-10-13-15-17-22-27-31-40(60)74-49-35(4)69-55(46(66)45(49)65)77-50-36(5)70-56(47(67)52(50)75-41(61)32-26-20-14-11-8-2)78-51-37(6)71-57-48(68)53(51)76-42(62)33-28-23-19-16-18-21-25-30-38(29-24-12-9-3)72-58-54(79-57)44(64)43(63)39(34-59)73-58/h35-39,43-59,63-68H,7-34H2,1-6H3. The normalized spacial score (nSPS) is 38.3. The summed E-state index contributed by atoms with van der Waals surface area (Å²) in [4.78, 5) is 40.2. The Bertz CT molecular complexity index is 1710. The quantitative estimate of drug-likeness (QED) is 0.0314. The van der Waals surface area contributed by atoms with Crippen molar-refractivity contribution in [3.8, 4) is 0 Å². The Labute approximate surface area is 469 Å². The van der Waals surface area contributed by atoms with Crippen LogP contribution in [-0.2, 0) is 66.5 Å². The molecule has 21 heteroatoms. The summed E-state index contributed by atoms with van der Waals surface area (Å²) in [6.07, 6.45) is -8.26. The van der Waals surface area contributed by atoms with E-state index in [1.54, 1.807) is 20.8 Å². The van der Waals surface area contributed by atoms with Gasteiger partial charge in [-0.05, 0) is 52.9 Å². The fourth-order valence-electron chi connectivity index (χ4n) is 11.3. The van der Waals surface area contributed by atoms with E-state index in [1.807, 2.05) is 0 Å². The van der Waals surface area contributed by atoms with Gasteiger partial charge in [-0.1, -0.05) is 143 Å². The van der Waals surface area contributed by atoms with Gasteiger partial charge in [0, 0.05) is 19.3 Å². The maximum Gasteiger partial charge on any atom is 0.306 e. The van der Waals surface area contributed by atoms with Crippen LogP contribution in [0.5, 0.6) is 0 Å². The van der Waals surface area contributed by atoms with E-state index in [-0.39, 0.29) is 25.4 Å². The molecule has 0 aliphatic carbocycles. The summed E-state index contributed by atoms with van der Waals surface area (Å²) >= 11 is 0. The molecular weight excluding hydrogens is 1030 g/mol. The predicted octanol–water partition coefficient (Wildman–Crippen LogP) is 5.99. The minimum absolute atomic E-state index is 0.00749. The monoisotopic (exact) mass is 1130 g/mol. The molecule has 5 fully saturated rings. The van der Waals surface area contributed by atoms with Crippen molar-refractivity contribution in [3.05, 3.63) is 0 Å². The first-order valence-electron chi connectivity index (χ1n) is 30.5. The molecule has 7 N–H and O–H groups in total. The van der Waals surface area contributed by atoms with Crippen LogP contribution in [-0.4, -0.2) is 189 Å². The summed E-state index contributed by atoms with van der Waals surface area (Å²) in [5.74, 6) is -1.86. The maximum absolute atomic E-state index is 13.7. The Morgan fingerprint density at radius 1 is 0.481 bits per heavy atom. The van der Waals surface area contributed by atoms with Crippen LogP contribution in [0.2, 0.25) is 0 Å². The van der Waals surface area contributed by atoms with E-state index >= 15 is 0 Å². The number of carbonyl (C=O) groups is 3. The van der Waals surface area contributed by atoms with E-state index < -0.39 is 147 Å². The molecule has 21 unspecified atom stereocenters. The third-order valence-electron chi connectivity index (χ3n) is 16.1. The molecule has 5 rings (SSSR count). The molecular formula is C58H102O21. The van der Waals surface area contributed by atoms with Gasteiger partial charge in [0.25, 0.3) is 0 Å². The number of aliphatic hydroxyl groups is 7. The number of unbranched alkanes of at least 4 members (excludes halogenated alkanes) is 12. The lowest BCUT2D eigenvalue weighted by Gasteiger charge is -2.49. The lowest BCUT2D eigenvalue weighted by molar-refractivity contribution is -0.388. The first-order valence-corrected chi connectivity index (χ1v) is 30.5. The van der Waals surface area contributed by atoms with Gasteiger partial charge in [-0.3, -0.25) is 14.4 Å². The molecule has 5 aliphatic rings. The van der Waals surface area contributed by atoms with Gasteiger partial charge in [0.05, 0.1) is 31.0 Å². The fraction of sp³-hybridized carbons (Fsp3) is 0.948. The highest BCUT2D eigenvalue weighted by molar-refractivity contribution is 5.70. The second kappa shape index (κ2) is 35.8. The predicted molar refractivity (Wildman–Crippen MR) is 286 cm³/mol. The van der Waals surface area contributed by atoms with Crippen molar-refractivity contribution >= 4 is 17.9 Å². The molecule has 0 aromatic rings. The average molecular weight is 1140 g/mol. The largest absolute Gasteiger partial charge is 0.457 e. The second-order valence-electron chi connectivity index (χ2n) is 22.8. The van der Waals surface area contributed by atoms with E-state index in [4.69, 9.17) is 52.1 Å². The van der Waals surface area contributed by atoms with E-state index in [9.17, 15) is 50.1 Å². The summed E-state index contributed by atoms with van der Waals surface area (Å²) in [5.41, 5.74) is 0. The summed E-state index contributed by atoms with van der Waals surface area (Å²) in [7, 11) is 0. The molecule has 0 saturated carbocycles. The number of fused-ring (bicyclic) bond motifs is 3. The van der Waals surface area contributed by atoms with Crippen LogP contribution in [0, 0.1) is 0 Å². The topological polar surface area (TPSA) is 294 Å². The second-order valence-corrected chi connectivity index (χ2v) is 22.8. The van der Waals surface area contributed by atoms with E-state index in [0.29, 0.717) is 32.1 Å². The average Bonchev–Trinajstić information content (AvgIpc) is 3.51. The Morgan fingerprint density at radius 3 is 1.62 bits per heavy atom. The highest BCUT2D eigenvalue weighted by Gasteiger charge is 2.57. The van der Waals surface area contributed by atoms with Crippen LogP contribution in [0.1, 0.15) is 215 Å². The molecule has 21 atom stereocenters. The minimum Gasteiger partial charge on any atom is -0.457 e. The van der Waals surface area contributed by atoms with Crippen LogP contribution in [0.4, 0.5) is 0 Å². The summed E-state index contributed by atoms with van der Waals surface area (Å²) in [6, 6.07) is 0. The van der Waals surface area contributed by atoms with Crippen LogP contribution < -0.4 is 0 Å². The SMILES string of the molecule is CCCCCCCCCC(=O)OC1C(C)OC(OC2C(C)OC(OC3C(C)OC4OC5C(OC(CCCCC)CCCCCCCCCC(=O)OC3C4O)OC(CO)C(O)C5O)C(O)C2OC(=O)CCCCCCC)C(O)C1O. The Balaban J connectivity index is 1.36. The molecule has 0 spiro atoms. The van der Waals surface area contributed by atoms with Crippen LogP contribution in [0.3, 0.4) is 0 Å². The molecule has 0 aromatic heterocycles. The van der Waals surface area contributed by atoms with Crippen molar-refractivity contribution in [2.45, 2.75) is 344 Å². The zero-order valence-electron chi connectivity index (χ0n) is 48.3. The van der Waals surface area contributed by atoms with Gasteiger partial charge < -0.3 is 87.9 Å². The van der Waals surface area contributed by atoms with Crippen molar-refractivity contribution in [1.82, 2.24) is 0 Å². The van der Waals surface area contributed by atoms with Crippen molar-refractivity contribution in [2.75, 3.05) is 6.61 Å². The molecule has 2 bridgehead atoms. The molecule has 0 amide bonds. The lowest BCUT2D eigenvalue weighted by atomic mass is 9.95. The fourth-order valence-corrected chi connectivity index (χ4v) is 11.3. The smallest absolute Gasteiger partial charge is 0.306 e. The number of rotatable bonds is 25. The third kappa shape index (κ3) is 20.8. The molecule has 0 aromatic carbocycles. The maximum atomic E-state index is 13.7. The van der Waals surface area contributed by atoms with Gasteiger partial charge >= 0.3 is 17.9 Å². The van der Waals surface area contributed by atoms with Crippen molar-refractivity contribution in [3.63, 3.8) is 0 Å². The molecule has 79 heavy (non-hydrogen) atoms. The Kier molecular flexibility index (Phi) is 30.7. The summed E-state index contributed by atoms with van der Waals surface area (Å²) in [5, 5.41) is 80.0. The number of ether oxygens (including phenoxy) is 11. The van der Waals surface area contributed by atoms with E-state index in [1.165, 1.54) is 6.42 Å². The lowest BCUT2D eigenvalue weighted by Crippen LogP contribution is -2.67. The molecule has 21 nitrogen and oxygen atoms in total. The summed E-state index contributed by atoms with van der Waals surface area (Å²) < 4.78 is 68.0. The molecule has 0 radical (unpaired) electrons. The van der Waals surface area contributed by atoms with Crippen LogP contribution >= 0.6 is 0 Å². The van der Waals surface area contributed by atoms with Crippen molar-refractivity contribution in [2.24, 2.45) is 0 Å². The Hall–Kier alpha value is -2.19. The minimum atomic E-state index is -1.83. The zero-order chi connectivity index (χ0) is 57.4. The van der Waals surface area contributed by atoms with Gasteiger partial charge in [-0.25, -0.2) is 0 Å². The number of hydrogen-bond acceptors (Lipinski definition) is 21. The highest BCUT2D eigenvalue weighted by atomic mass is 16.8. The molecule has 5 heterocycles. The molecule has 5 saturated heterocycles. The number of hydrogen-bond donors (Lipinski definition) is 7. The number of carbonyl (C=O) groups excluding carboxylic acids is 3. The van der Waals surface area contributed by atoms with Gasteiger partial charge in [-0.2, -0.15) is 0 Å². The van der Waals surface area contributed by atoms with Gasteiger partial charge in [-0.15, -0.1) is 0 Å². The molecule has 460 valence electrons. The first kappa shape index (κ1) is 67.6. The zero-order valence-corrected chi connectivity index (χ0v) is 48.3. The number of aliphatic hydroxyl groups excluding tert-OH is 7. The van der Waals surface area contributed by atoms with E-state index in [0.717, 1.165) is 116 Å². The van der Waals surface area contributed by atoms with Gasteiger partial charge in [0.2, 0.25) is 0 Å². The van der Waals surface area contributed by atoms with Crippen LogP contribution in [0.25, 0.3) is 0 Å². The van der Waals surface area contributed by atoms with Gasteiger partial charge in [0.1, 0.15) is 61.0 Å². The highest BCUT2D eigenvalue weighted by Crippen LogP contribution is 2.37. The Morgan fingerprint density at radius 2 is 1.00 bits per heavy atom. The van der Waals surface area contributed by atoms with Gasteiger partial charge in [0.15, 0.2) is 43.5 Å². The number of esters is 3. The van der Waals surface area contributed by atoms with E-state index in [2.05, 4.69) is 20.8 Å². The summed E-state index contributed by atoms with van der Waals surface area (Å²) in [6.45, 7) is 10.4.